The summed E-state index contributed by atoms with van der Waals surface area (Å²) >= 11 is 2.41. The third kappa shape index (κ3) is 3.07. The SMILES string of the molecule is CC(=O)O[C@@H]1CCCC[C@@H]1c1c(I)ccc2ccccc12. The summed E-state index contributed by atoms with van der Waals surface area (Å²) in [6.07, 6.45) is 4.46. The minimum absolute atomic E-state index is 0.0237. The molecule has 2 aromatic rings. The van der Waals surface area contributed by atoms with Crippen molar-refractivity contribution in [3.05, 3.63) is 45.5 Å². The van der Waals surface area contributed by atoms with Gasteiger partial charge in [0.25, 0.3) is 0 Å². The van der Waals surface area contributed by atoms with Crippen LogP contribution in [0.1, 0.15) is 44.1 Å². The smallest absolute Gasteiger partial charge is 0.302 e. The molecule has 21 heavy (non-hydrogen) atoms. The molecule has 1 aliphatic carbocycles. The van der Waals surface area contributed by atoms with Crippen molar-refractivity contribution in [2.45, 2.75) is 44.6 Å². The fourth-order valence-corrected chi connectivity index (χ4v) is 4.30. The molecule has 0 aliphatic heterocycles. The normalized spacial score (nSPS) is 22.2. The van der Waals surface area contributed by atoms with Crippen molar-refractivity contribution in [1.29, 1.82) is 0 Å². The fraction of sp³-hybridized carbons (Fsp3) is 0.389. The first-order chi connectivity index (χ1) is 10.2. The third-order valence-electron chi connectivity index (χ3n) is 4.31. The van der Waals surface area contributed by atoms with Gasteiger partial charge < -0.3 is 4.74 Å². The van der Waals surface area contributed by atoms with Crippen molar-refractivity contribution >= 4 is 39.3 Å². The Morgan fingerprint density at radius 1 is 1.14 bits per heavy atom. The van der Waals surface area contributed by atoms with Gasteiger partial charge in [-0.15, -0.1) is 0 Å². The van der Waals surface area contributed by atoms with E-state index in [2.05, 4.69) is 59.0 Å². The van der Waals surface area contributed by atoms with E-state index in [9.17, 15) is 4.79 Å². The average molecular weight is 394 g/mol. The molecule has 2 nitrogen and oxygen atoms in total. The van der Waals surface area contributed by atoms with Crippen molar-refractivity contribution in [2.24, 2.45) is 0 Å². The van der Waals surface area contributed by atoms with Crippen LogP contribution in [0.5, 0.6) is 0 Å². The maximum absolute atomic E-state index is 11.4. The second-order valence-electron chi connectivity index (χ2n) is 5.72. The molecule has 0 saturated heterocycles. The molecule has 2 atom stereocenters. The van der Waals surface area contributed by atoms with Gasteiger partial charge in [0.1, 0.15) is 6.10 Å². The highest BCUT2D eigenvalue weighted by Crippen LogP contribution is 2.40. The minimum Gasteiger partial charge on any atom is -0.462 e. The first-order valence-corrected chi connectivity index (χ1v) is 8.59. The lowest BCUT2D eigenvalue weighted by Gasteiger charge is -2.32. The molecule has 0 aromatic heterocycles. The van der Waals surface area contributed by atoms with E-state index in [4.69, 9.17) is 4.74 Å². The van der Waals surface area contributed by atoms with E-state index in [0.717, 1.165) is 19.3 Å². The molecule has 1 fully saturated rings. The Kier molecular flexibility index (Phi) is 4.48. The Morgan fingerprint density at radius 2 is 1.90 bits per heavy atom. The van der Waals surface area contributed by atoms with Crippen LogP contribution in [0.3, 0.4) is 0 Å². The van der Waals surface area contributed by atoms with Crippen LogP contribution in [-0.2, 0) is 9.53 Å². The van der Waals surface area contributed by atoms with E-state index in [1.807, 2.05) is 0 Å². The zero-order valence-electron chi connectivity index (χ0n) is 12.1. The van der Waals surface area contributed by atoms with Gasteiger partial charge in [-0.05, 0) is 64.3 Å². The van der Waals surface area contributed by atoms with Crippen LogP contribution < -0.4 is 0 Å². The minimum atomic E-state index is -0.165. The molecule has 0 unspecified atom stereocenters. The zero-order valence-corrected chi connectivity index (χ0v) is 14.3. The molecule has 0 amide bonds. The van der Waals surface area contributed by atoms with Crippen LogP contribution in [0.4, 0.5) is 0 Å². The molecular formula is C18H19IO2. The third-order valence-corrected chi connectivity index (χ3v) is 5.25. The number of ether oxygens (including phenoxy) is 1. The van der Waals surface area contributed by atoms with E-state index in [0.29, 0.717) is 5.92 Å². The van der Waals surface area contributed by atoms with Crippen LogP contribution in [0.25, 0.3) is 10.8 Å². The number of carbonyl (C=O) groups is 1. The Bertz CT molecular complexity index is 665. The zero-order chi connectivity index (χ0) is 14.8. The highest BCUT2D eigenvalue weighted by atomic mass is 127. The Morgan fingerprint density at radius 3 is 2.71 bits per heavy atom. The molecule has 0 spiro atoms. The van der Waals surface area contributed by atoms with Crippen molar-refractivity contribution in [3.63, 3.8) is 0 Å². The highest BCUT2D eigenvalue weighted by Gasteiger charge is 2.31. The van der Waals surface area contributed by atoms with E-state index >= 15 is 0 Å². The summed E-state index contributed by atoms with van der Waals surface area (Å²) in [7, 11) is 0. The van der Waals surface area contributed by atoms with Crippen molar-refractivity contribution < 1.29 is 9.53 Å². The van der Waals surface area contributed by atoms with Gasteiger partial charge in [-0.3, -0.25) is 4.79 Å². The second kappa shape index (κ2) is 6.34. The first-order valence-electron chi connectivity index (χ1n) is 7.51. The quantitative estimate of drug-likeness (QED) is 0.527. The monoisotopic (exact) mass is 394 g/mol. The summed E-state index contributed by atoms with van der Waals surface area (Å²) < 4.78 is 6.89. The summed E-state index contributed by atoms with van der Waals surface area (Å²) in [5.74, 6) is 0.155. The molecule has 3 rings (SSSR count). The van der Waals surface area contributed by atoms with Crippen LogP contribution in [0, 0.1) is 3.57 Å². The second-order valence-corrected chi connectivity index (χ2v) is 6.88. The number of benzene rings is 2. The first kappa shape index (κ1) is 14.8. The molecule has 0 bridgehead atoms. The molecule has 1 aliphatic rings. The van der Waals surface area contributed by atoms with Crippen LogP contribution >= 0.6 is 22.6 Å². The fourth-order valence-electron chi connectivity index (χ4n) is 3.43. The van der Waals surface area contributed by atoms with Gasteiger partial charge in [0.05, 0.1) is 0 Å². The summed E-state index contributed by atoms with van der Waals surface area (Å²) in [6, 6.07) is 12.8. The van der Waals surface area contributed by atoms with Crippen LogP contribution in [0.2, 0.25) is 0 Å². The van der Waals surface area contributed by atoms with Gasteiger partial charge in [-0.2, -0.15) is 0 Å². The number of hydrogen-bond acceptors (Lipinski definition) is 2. The largest absolute Gasteiger partial charge is 0.462 e. The highest BCUT2D eigenvalue weighted by molar-refractivity contribution is 14.1. The van der Waals surface area contributed by atoms with Gasteiger partial charge in [-0.25, -0.2) is 0 Å². The van der Waals surface area contributed by atoms with Gasteiger partial charge in [0.15, 0.2) is 0 Å². The van der Waals surface area contributed by atoms with Crippen LogP contribution in [-0.4, -0.2) is 12.1 Å². The van der Waals surface area contributed by atoms with Gasteiger partial charge in [-0.1, -0.05) is 36.8 Å². The van der Waals surface area contributed by atoms with Gasteiger partial charge >= 0.3 is 5.97 Å². The lowest BCUT2D eigenvalue weighted by atomic mass is 9.80. The number of carbonyl (C=O) groups excluding carboxylic acids is 1. The molecule has 2 aromatic carbocycles. The predicted octanol–water partition coefficient (Wildman–Crippen LogP) is 5.03. The predicted molar refractivity (Wildman–Crippen MR) is 93.4 cm³/mol. The van der Waals surface area contributed by atoms with E-state index in [1.165, 1.54) is 33.3 Å². The lowest BCUT2D eigenvalue weighted by Crippen LogP contribution is -2.28. The molecule has 110 valence electrons. The van der Waals surface area contributed by atoms with Crippen LogP contribution in [0.15, 0.2) is 36.4 Å². The average Bonchev–Trinajstić information content (AvgIpc) is 2.48. The number of esters is 1. The Balaban J connectivity index is 2.08. The van der Waals surface area contributed by atoms with E-state index in [1.54, 1.807) is 0 Å². The summed E-state index contributed by atoms with van der Waals surface area (Å²) in [6.45, 7) is 1.51. The van der Waals surface area contributed by atoms with Crippen molar-refractivity contribution in [2.75, 3.05) is 0 Å². The van der Waals surface area contributed by atoms with E-state index in [-0.39, 0.29) is 12.1 Å². The topological polar surface area (TPSA) is 26.3 Å². The number of fused-ring (bicyclic) bond motifs is 1. The number of hydrogen-bond donors (Lipinski definition) is 0. The van der Waals surface area contributed by atoms with Crippen molar-refractivity contribution in [1.82, 2.24) is 0 Å². The summed E-state index contributed by atoms with van der Waals surface area (Å²) in [5, 5.41) is 2.56. The number of rotatable bonds is 2. The molecule has 1 saturated carbocycles. The Labute approximate surface area is 139 Å². The van der Waals surface area contributed by atoms with Gasteiger partial charge in [0.2, 0.25) is 0 Å². The lowest BCUT2D eigenvalue weighted by molar-refractivity contribution is -0.148. The van der Waals surface area contributed by atoms with Crippen molar-refractivity contribution in [3.8, 4) is 0 Å². The maximum Gasteiger partial charge on any atom is 0.302 e. The maximum atomic E-state index is 11.4. The number of halogens is 1. The molecular weight excluding hydrogens is 375 g/mol. The molecule has 0 N–H and O–H groups in total. The molecule has 3 heteroatoms. The Hall–Kier alpha value is -1.10. The van der Waals surface area contributed by atoms with Gasteiger partial charge in [0, 0.05) is 16.4 Å². The van der Waals surface area contributed by atoms with E-state index < -0.39 is 0 Å². The molecule has 0 radical (unpaired) electrons. The molecule has 0 heterocycles. The standard InChI is InChI=1S/C18H19IO2/c1-12(20)21-17-9-5-4-8-15(17)18-14-7-3-2-6-13(14)10-11-16(18)19/h2-3,6-7,10-11,15,17H,4-5,8-9H2,1H3/t15-,17+/m0/s1. The summed E-state index contributed by atoms with van der Waals surface area (Å²) in [4.78, 5) is 11.4. The summed E-state index contributed by atoms with van der Waals surface area (Å²) in [5.41, 5.74) is 1.36.